The highest BCUT2D eigenvalue weighted by Gasteiger charge is 2.30. The van der Waals surface area contributed by atoms with Crippen LogP contribution in [0.3, 0.4) is 0 Å². The summed E-state index contributed by atoms with van der Waals surface area (Å²) < 4.78 is 39.4. The standard InChI is InChI=1S/C12H15BrFNO2S/c1-9-7-11(14)4-5-12(9)18(16,17)15-6-2-3-10(13)8-15/h4-5,7,10H,2-3,6,8H2,1H3. The van der Waals surface area contributed by atoms with Gasteiger partial charge in [-0.15, -0.1) is 0 Å². The SMILES string of the molecule is Cc1cc(F)ccc1S(=O)(=O)N1CCCC(Br)C1. The largest absolute Gasteiger partial charge is 0.243 e. The summed E-state index contributed by atoms with van der Waals surface area (Å²) in [6.07, 6.45) is 1.82. The quantitative estimate of drug-likeness (QED) is 0.779. The lowest BCUT2D eigenvalue weighted by Gasteiger charge is -2.29. The Balaban J connectivity index is 2.35. The van der Waals surface area contributed by atoms with Crippen LogP contribution in [0.1, 0.15) is 18.4 Å². The minimum atomic E-state index is -3.51. The summed E-state index contributed by atoms with van der Waals surface area (Å²) in [5.74, 6) is -0.413. The Morgan fingerprint density at radius 3 is 2.78 bits per heavy atom. The van der Waals surface area contributed by atoms with Crippen molar-refractivity contribution in [3.05, 3.63) is 29.6 Å². The molecule has 0 saturated carbocycles. The first kappa shape index (κ1) is 14.0. The van der Waals surface area contributed by atoms with Gasteiger partial charge in [-0.05, 0) is 43.5 Å². The number of rotatable bonds is 2. The zero-order chi connectivity index (χ0) is 13.3. The Labute approximate surface area is 115 Å². The highest BCUT2D eigenvalue weighted by Crippen LogP contribution is 2.25. The summed E-state index contributed by atoms with van der Waals surface area (Å²) in [7, 11) is -3.51. The van der Waals surface area contributed by atoms with Crippen molar-refractivity contribution in [2.45, 2.75) is 29.5 Å². The zero-order valence-corrected chi connectivity index (χ0v) is 12.5. The fourth-order valence-electron chi connectivity index (χ4n) is 2.15. The van der Waals surface area contributed by atoms with E-state index < -0.39 is 15.8 Å². The van der Waals surface area contributed by atoms with Gasteiger partial charge in [0.1, 0.15) is 5.82 Å². The second-order valence-electron chi connectivity index (χ2n) is 4.51. The van der Waals surface area contributed by atoms with Gasteiger partial charge in [0, 0.05) is 17.9 Å². The van der Waals surface area contributed by atoms with E-state index in [1.165, 1.54) is 22.5 Å². The highest BCUT2D eigenvalue weighted by molar-refractivity contribution is 9.09. The van der Waals surface area contributed by atoms with Gasteiger partial charge in [0.15, 0.2) is 0 Å². The average molecular weight is 336 g/mol. The molecular weight excluding hydrogens is 321 g/mol. The van der Waals surface area contributed by atoms with Crippen molar-refractivity contribution in [1.29, 1.82) is 0 Å². The molecule has 0 aromatic heterocycles. The molecule has 2 rings (SSSR count). The van der Waals surface area contributed by atoms with Gasteiger partial charge < -0.3 is 0 Å². The Hall–Kier alpha value is -0.460. The van der Waals surface area contributed by atoms with Gasteiger partial charge in [-0.2, -0.15) is 4.31 Å². The van der Waals surface area contributed by atoms with E-state index in [-0.39, 0.29) is 9.72 Å². The number of piperidine rings is 1. The predicted molar refractivity (Wildman–Crippen MR) is 71.8 cm³/mol. The highest BCUT2D eigenvalue weighted by atomic mass is 79.9. The number of alkyl halides is 1. The Morgan fingerprint density at radius 2 is 2.17 bits per heavy atom. The van der Waals surface area contributed by atoms with E-state index in [9.17, 15) is 12.8 Å². The molecule has 18 heavy (non-hydrogen) atoms. The van der Waals surface area contributed by atoms with Crippen LogP contribution in [0.5, 0.6) is 0 Å². The van der Waals surface area contributed by atoms with Gasteiger partial charge in [0.05, 0.1) is 4.90 Å². The summed E-state index contributed by atoms with van der Waals surface area (Å²) in [6, 6.07) is 3.79. The minimum Gasteiger partial charge on any atom is -0.207 e. The molecule has 0 bridgehead atoms. The molecule has 6 heteroatoms. The van der Waals surface area contributed by atoms with E-state index in [0.717, 1.165) is 12.8 Å². The first-order valence-corrected chi connectivity index (χ1v) is 8.17. The lowest BCUT2D eigenvalue weighted by atomic mass is 10.2. The van der Waals surface area contributed by atoms with E-state index in [1.807, 2.05) is 0 Å². The first-order valence-electron chi connectivity index (χ1n) is 5.81. The fourth-order valence-corrected chi connectivity index (χ4v) is 4.75. The zero-order valence-electron chi connectivity index (χ0n) is 10.1. The third kappa shape index (κ3) is 2.75. The number of hydrogen-bond donors (Lipinski definition) is 0. The van der Waals surface area contributed by atoms with Crippen LogP contribution in [-0.4, -0.2) is 30.6 Å². The third-order valence-corrected chi connectivity index (χ3v) is 5.85. The van der Waals surface area contributed by atoms with Crippen LogP contribution in [0.2, 0.25) is 0 Å². The molecule has 0 spiro atoms. The van der Waals surface area contributed by atoms with Gasteiger partial charge in [-0.25, -0.2) is 12.8 Å². The molecule has 1 atom stereocenters. The van der Waals surface area contributed by atoms with E-state index in [2.05, 4.69) is 15.9 Å². The predicted octanol–water partition coefficient (Wildman–Crippen LogP) is 2.68. The van der Waals surface area contributed by atoms with Crippen LogP contribution in [0.15, 0.2) is 23.1 Å². The van der Waals surface area contributed by atoms with Crippen molar-refractivity contribution in [2.75, 3.05) is 13.1 Å². The molecule has 1 heterocycles. The maximum absolute atomic E-state index is 13.0. The van der Waals surface area contributed by atoms with Crippen molar-refractivity contribution in [1.82, 2.24) is 4.31 Å². The molecular formula is C12H15BrFNO2S. The second kappa shape index (κ2) is 5.27. The molecule has 0 radical (unpaired) electrons. The molecule has 1 saturated heterocycles. The Kier molecular flexibility index (Phi) is 4.08. The average Bonchev–Trinajstić information content (AvgIpc) is 2.28. The summed E-state index contributed by atoms with van der Waals surface area (Å²) in [5.41, 5.74) is 0.451. The van der Waals surface area contributed by atoms with E-state index >= 15 is 0 Å². The molecule has 3 nitrogen and oxygen atoms in total. The smallest absolute Gasteiger partial charge is 0.207 e. The van der Waals surface area contributed by atoms with E-state index in [0.29, 0.717) is 18.7 Å². The number of hydrogen-bond acceptors (Lipinski definition) is 2. The van der Waals surface area contributed by atoms with Gasteiger partial charge in [-0.1, -0.05) is 15.9 Å². The second-order valence-corrected chi connectivity index (χ2v) is 7.71. The van der Waals surface area contributed by atoms with Crippen molar-refractivity contribution in [2.24, 2.45) is 0 Å². The van der Waals surface area contributed by atoms with Gasteiger partial charge >= 0.3 is 0 Å². The lowest BCUT2D eigenvalue weighted by Crippen LogP contribution is -2.40. The summed E-state index contributed by atoms with van der Waals surface area (Å²) in [4.78, 5) is 0.396. The van der Waals surface area contributed by atoms with Crippen LogP contribution in [-0.2, 0) is 10.0 Å². The lowest BCUT2D eigenvalue weighted by molar-refractivity contribution is 0.355. The molecule has 1 aromatic carbocycles. The fraction of sp³-hybridized carbons (Fsp3) is 0.500. The number of nitrogens with zero attached hydrogens (tertiary/aromatic N) is 1. The van der Waals surface area contributed by atoms with Crippen LogP contribution < -0.4 is 0 Å². The Bertz CT molecular complexity index is 547. The van der Waals surface area contributed by atoms with E-state index in [4.69, 9.17) is 0 Å². The summed E-state index contributed by atoms with van der Waals surface area (Å²) in [6.45, 7) is 2.62. The minimum absolute atomic E-state index is 0.196. The normalized spacial score (nSPS) is 22.1. The molecule has 1 aliphatic rings. The molecule has 0 aliphatic carbocycles. The third-order valence-electron chi connectivity index (χ3n) is 3.08. The summed E-state index contributed by atoms with van der Waals surface area (Å²) >= 11 is 3.46. The van der Waals surface area contributed by atoms with Crippen molar-refractivity contribution >= 4 is 26.0 Å². The van der Waals surface area contributed by atoms with Crippen LogP contribution in [0.25, 0.3) is 0 Å². The molecule has 0 amide bonds. The van der Waals surface area contributed by atoms with Crippen LogP contribution in [0.4, 0.5) is 4.39 Å². The molecule has 100 valence electrons. The molecule has 1 fully saturated rings. The van der Waals surface area contributed by atoms with Gasteiger partial charge in [-0.3, -0.25) is 0 Å². The van der Waals surface area contributed by atoms with E-state index in [1.54, 1.807) is 6.92 Å². The van der Waals surface area contributed by atoms with Crippen molar-refractivity contribution in [3.63, 3.8) is 0 Å². The molecule has 1 aliphatic heterocycles. The topological polar surface area (TPSA) is 37.4 Å². The van der Waals surface area contributed by atoms with Crippen LogP contribution in [0, 0.1) is 12.7 Å². The van der Waals surface area contributed by atoms with Gasteiger partial charge in [0.2, 0.25) is 10.0 Å². The maximum Gasteiger partial charge on any atom is 0.243 e. The molecule has 1 aromatic rings. The monoisotopic (exact) mass is 335 g/mol. The van der Waals surface area contributed by atoms with Gasteiger partial charge in [0.25, 0.3) is 0 Å². The van der Waals surface area contributed by atoms with Crippen molar-refractivity contribution in [3.8, 4) is 0 Å². The number of benzene rings is 1. The summed E-state index contributed by atoms with van der Waals surface area (Å²) in [5, 5.41) is 0. The number of sulfonamides is 1. The first-order chi connectivity index (χ1) is 8.41. The molecule has 0 N–H and O–H groups in total. The number of aryl methyl sites for hydroxylation is 1. The van der Waals surface area contributed by atoms with Crippen molar-refractivity contribution < 1.29 is 12.8 Å². The van der Waals surface area contributed by atoms with Crippen LogP contribution >= 0.6 is 15.9 Å². The Morgan fingerprint density at radius 1 is 1.44 bits per heavy atom. The maximum atomic E-state index is 13.0. The molecule has 1 unspecified atom stereocenters. The number of halogens is 2.